The van der Waals surface area contributed by atoms with Gasteiger partial charge < -0.3 is 19.1 Å². The van der Waals surface area contributed by atoms with E-state index < -0.39 is 0 Å². The summed E-state index contributed by atoms with van der Waals surface area (Å²) in [5, 5.41) is 2.97. The van der Waals surface area contributed by atoms with Crippen LogP contribution in [-0.2, 0) is 0 Å². The van der Waals surface area contributed by atoms with Crippen LogP contribution in [0.25, 0.3) is 0 Å². The highest BCUT2D eigenvalue weighted by atomic mass is 16.3. The molecule has 6 heteroatoms. The highest BCUT2D eigenvalue weighted by Crippen LogP contribution is 2.16. The Morgan fingerprint density at radius 1 is 1.23 bits per heavy atom. The van der Waals surface area contributed by atoms with Crippen LogP contribution in [0.15, 0.2) is 39.8 Å². The van der Waals surface area contributed by atoms with Gasteiger partial charge in [-0.3, -0.25) is 9.59 Å². The number of piperidine rings is 1. The molecule has 2 aromatic rings. The Labute approximate surface area is 128 Å². The summed E-state index contributed by atoms with van der Waals surface area (Å²) in [6.07, 6.45) is 5.92. The Bertz CT molecular complexity index is 652. The Morgan fingerprint density at radius 2 is 2.00 bits per heavy atom. The lowest BCUT2D eigenvalue weighted by atomic mass is 10.0. The molecule has 0 bridgehead atoms. The zero-order valence-corrected chi connectivity index (χ0v) is 12.4. The van der Waals surface area contributed by atoms with E-state index in [2.05, 4.69) is 5.32 Å². The number of rotatable bonds is 3. The Hall–Kier alpha value is -2.50. The molecule has 1 fully saturated rings. The maximum atomic E-state index is 12.2. The minimum Gasteiger partial charge on any atom is -0.472 e. The summed E-state index contributed by atoms with van der Waals surface area (Å²) >= 11 is 0. The number of hydrogen-bond acceptors (Lipinski definition) is 4. The number of nitrogens with one attached hydrogen (secondary N) is 1. The number of furan rings is 2. The van der Waals surface area contributed by atoms with Crippen LogP contribution in [-0.4, -0.2) is 35.8 Å². The fourth-order valence-electron chi connectivity index (χ4n) is 2.65. The van der Waals surface area contributed by atoms with Crippen molar-refractivity contribution < 1.29 is 18.4 Å². The van der Waals surface area contributed by atoms with Gasteiger partial charge >= 0.3 is 0 Å². The van der Waals surface area contributed by atoms with E-state index in [0.717, 1.165) is 18.4 Å². The van der Waals surface area contributed by atoms with Crippen molar-refractivity contribution in [2.24, 2.45) is 0 Å². The fourth-order valence-corrected chi connectivity index (χ4v) is 2.65. The van der Waals surface area contributed by atoms with Crippen molar-refractivity contribution >= 4 is 11.8 Å². The summed E-state index contributed by atoms with van der Waals surface area (Å²) < 4.78 is 10.1. The van der Waals surface area contributed by atoms with Gasteiger partial charge in [-0.1, -0.05) is 0 Å². The third kappa shape index (κ3) is 2.90. The third-order valence-electron chi connectivity index (χ3n) is 3.95. The lowest BCUT2D eigenvalue weighted by molar-refractivity contribution is 0.0695. The molecule has 116 valence electrons. The topological polar surface area (TPSA) is 75.7 Å². The van der Waals surface area contributed by atoms with Gasteiger partial charge in [0.05, 0.1) is 18.1 Å². The van der Waals surface area contributed by atoms with Gasteiger partial charge in [0, 0.05) is 24.7 Å². The maximum Gasteiger partial charge on any atom is 0.287 e. The van der Waals surface area contributed by atoms with Crippen molar-refractivity contribution in [3.05, 3.63) is 47.8 Å². The molecule has 2 aromatic heterocycles. The van der Waals surface area contributed by atoms with Crippen LogP contribution in [0.4, 0.5) is 0 Å². The summed E-state index contributed by atoms with van der Waals surface area (Å²) in [6.45, 7) is 3.07. The van der Waals surface area contributed by atoms with Gasteiger partial charge in [0.25, 0.3) is 11.8 Å². The third-order valence-corrected chi connectivity index (χ3v) is 3.95. The summed E-state index contributed by atoms with van der Waals surface area (Å²) in [5.41, 5.74) is 1.39. The summed E-state index contributed by atoms with van der Waals surface area (Å²) in [5.74, 6) is 0.138. The smallest absolute Gasteiger partial charge is 0.287 e. The maximum absolute atomic E-state index is 12.2. The van der Waals surface area contributed by atoms with Crippen molar-refractivity contribution in [2.75, 3.05) is 13.1 Å². The minimum absolute atomic E-state index is 0.0274. The van der Waals surface area contributed by atoms with Gasteiger partial charge in [-0.15, -0.1) is 0 Å². The Morgan fingerprint density at radius 3 is 2.59 bits per heavy atom. The molecule has 0 aliphatic carbocycles. The monoisotopic (exact) mass is 302 g/mol. The molecule has 1 aliphatic rings. The second-order valence-corrected chi connectivity index (χ2v) is 5.48. The molecule has 0 aromatic carbocycles. The lowest BCUT2D eigenvalue weighted by Crippen LogP contribution is -2.46. The van der Waals surface area contributed by atoms with Crippen LogP contribution in [0.2, 0.25) is 0 Å². The second kappa shape index (κ2) is 6.09. The van der Waals surface area contributed by atoms with Crippen LogP contribution in [0.1, 0.15) is 39.3 Å². The second-order valence-electron chi connectivity index (χ2n) is 5.48. The van der Waals surface area contributed by atoms with E-state index >= 15 is 0 Å². The fraction of sp³-hybridized carbons (Fsp3) is 0.375. The number of likely N-dealkylation sites (tertiary alicyclic amines) is 1. The van der Waals surface area contributed by atoms with E-state index in [1.165, 1.54) is 18.8 Å². The first-order valence-corrected chi connectivity index (χ1v) is 7.31. The average molecular weight is 302 g/mol. The number of nitrogens with zero attached hydrogens (tertiary/aromatic N) is 1. The first-order valence-electron chi connectivity index (χ1n) is 7.31. The van der Waals surface area contributed by atoms with Crippen molar-refractivity contribution in [1.82, 2.24) is 10.2 Å². The van der Waals surface area contributed by atoms with Gasteiger partial charge in [0.15, 0.2) is 5.76 Å². The van der Waals surface area contributed by atoms with E-state index in [1.807, 2.05) is 6.92 Å². The van der Waals surface area contributed by atoms with Crippen LogP contribution in [0, 0.1) is 6.92 Å². The predicted molar refractivity (Wildman–Crippen MR) is 78.5 cm³/mol. The van der Waals surface area contributed by atoms with Gasteiger partial charge in [-0.25, -0.2) is 0 Å². The van der Waals surface area contributed by atoms with E-state index in [-0.39, 0.29) is 17.9 Å². The van der Waals surface area contributed by atoms with Crippen LogP contribution in [0.5, 0.6) is 0 Å². The first kappa shape index (κ1) is 14.4. The van der Waals surface area contributed by atoms with Gasteiger partial charge in [0.1, 0.15) is 6.26 Å². The molecular weight excluding hydrogens is 284 g/mol. The van der Waals surface area contributed by atoms with Crippen molar-refractivity contribution in [2.45, 2.75) is 25.8 Å². The van der Waals surface area contributed by atoms with Crippen molar-refractivity contribution in [3.8, 4) is 0 Å². The molecule has 6 nitrogen and oxygen atoms in total. The largest absolute Gasteiger partial charge is 0.472 e. The first-order chi connectivity index (χ1) is 10.6. The standard InChI is InChI=1S/C16H18N2O4/c1-11-4-9-22-14(11)15(19)17-13-2-6-18(7-3-13)16(20)12-5-8-21-10-12/h4-5,8-10,13H,2-3,6-7H2,1H3,(H,17,19). The van der Waals surface area contributed by atoms with Gasteiger partial charge in [-0.2, -0.15) is 0 Å². The molecule has 3 rings (SSSR count). The lowest BCUT2D eigenvalue weighted by Gasteiger charge is -2.32. The van der Waals surface area contributed by atoms with Crippen LogP contribution >= 0.6 is 0 Å². The zero-order chi connectivity index (χ0) is 15.5. The van der Waals surface area contributed by atoms with Crippen molar-refractivity contribution in [1.29, 1.82) is 0 Å². The van der Waals surface area contributed by atoms with E-state index in [9.17, 15) is 9.59 Å². The molecule has 0 atom stereocenters. The van der Waals surface area contributed by atoms with E-state index in [4.69, 9.17) is 8.83 Å². The van der Waals surface area contributed by atoms with Gasteiger partial charge in [0.2, 0.25) is 0 Å². The highest BCUT2D eigenvalue weighted by Gasteiger charge is 2.26. The van der Waals surface area contributed by atoms with Crippen LogP contribution in [0.3, 0.4) is 0 Å². The zero-order valence-electron chi connectivity index (χ0n) is 12.4. The molecular formula is C16H18N2O4. The number of amides is 2. The number of aryl methyl sites for hydroxylation is 1. The number of carbonyl (C=O) groups is 2. The molecule has 0 unspecified atom stereocenters. The number of hydrogen-bond donors (Lipinski definition) is 1. The molecule has 2 amide bonds. The average Bonchev–Trinajstić information content (AvgIpc) is 3.18. The normalized spacial score (nSPS) is 15.8. The molecule has 1 aliphatic heterocycles. The molecule has 3 heterocycles. The number of carbonyl (C=O) groups excluding carboxylic acids is 2. The van der Waals surface area contributed by atoms with E-state index in [1.54, 1.807) is 17.0 Å². The Kier molecular flexibility index (Phi) is 4.00. The van der Waals surface area contributed by atoms with Gasteiger partial charge in [-0.05, 0) is 31.9 Å². The molecule has 0 spiro atoms. The summed E-state index contributed by atoms with van der Waals surface area (Å²) in [6, 6.07) is 3.49. The quantitative estimate of drug-likeness (QED) is 0.943. The van der Waals surface area contributed by atoms with Crippen molar-refractivity contribution in [3.63, 3.8) is 0 Å². The molecule has 22 heavy (non-hydrogen) atoms. The SMILES string of the molecule is Cc1ccoc1C(=O)NC1CCN(C(=O)c2ccoc2)CC1. The van der Waals surface area contributed by atoms with Crippen LogP contribution < -0.4 is 5.32 Å². The Balaban J connectivity index is 1.53. The van der Waals surface area contributed by atoms with E-state index in [0.29, 0.717) is 24.4 Å². The molecule has 1 saturated heterocycles. The summed E-state index contributed by atoms with van der Waals surface area (Å²) in [4.78, 5) is 26.1. The predicted octanol–water partition coefficient (Wildman–Crippen LogP) is 2.22. The highest BCUT2D eigenvalue weighted by molar-refractivity contribution is 5.94. The summed E-state index contributed by atoms with van der Waals surface area (Å²) in [7, 11) is 0. The minimum atomic E-state index is -0.192. The molecule has 0 saturated carbocycles. The molecule has 0 radical (unpaired) electrons. The molecule has 1 N–H and O–H groups in total.